The molecule has 2 aromatic heterocycles. The first-order valence-electron chi connectivity index (χ1n) is 8.05. The lowest BCUT2D eigenvalue weighted by Gasteiger charge is -2.30. The van der Waals surface area contributed by atoms with Gasteiger partial charge in [-0.05, 0) is 31.4 Å². The molecule has 1 aliphatic rings. The molecule has 0 bridgehead atoms. The number of aliphatic carboxylic acids is 1. The van der Waals surface area contributed by atoms with Gasteiger partial charge in [0.15, 0.2) is 0 Å². The van der Waals surface area contributed by atoms with Crippen molar-refractivity contribution in [3.8, 4) is 0 Å². The van der Waals surface area contributed by atoms with E-state index in [2.05, 4.69) is 4.98 Å². The summed E-state index contributed by atoms with van der Waals surface area (Å²) in [6, 6.07) is 4.02. The summed E-state index contributed by atoms with van der Waals surface area (Å²) in [6.45, 7) is 3.13. The van der Waals surface area contributed by atoms with Gasteiger partial charge < -0.3 is 14.4 Å². The Morgan fingerprint density at radius 2 is 2.04 bits per heavy atom. The minimum Gasteiger partial charge on any atom is -0.481 e. The highest BCUT2D eigenvalue weighted by molar-refractivity contribution is 7.99. The number of carboxylic acids is 1. The van der Waals surface area contributed by atoms with Crippen molar-refractivity contribution in [1.29, 1.82) is 0 Å². The Kier molecular flexibility index (Phi) is 5.08. The molecule has 0 unspecified atom stereocenters. The summed E-state index contributed by atoms with van der Waals surface area (Å²) < 4.78 is 2.00. The molecule has 1 saturated heterocycles. The quantitative estimate of drug-likeness (QED) is 0.897. The van der Waals surface area contributed by atoms with Crippen molar-refractivity contribution in [2.45, 2.75) is 25.5 Å². The molecule has 3 heterocycles. The Bertz CT molecular complexity index is 751. The van der Waals surface area contributed by atoms with E-state index >= 15 is 0 Å². The minimum absolute atomic E-state index is 0.0865. The Morgan fingerprint density at radius 1 is 1.29 bits per heavy atom. The standard InChI is InChI=1S/C17H21N3O3S/c1-12-2-3-15-18-14(9-20(15)8-12)10-24-11-16(21)19-6-4-13(5-7-19)17(22)23/h2-3,8-9,13H,4-7,10-11H2,1H3,(H,22,23). The number of carboxylic acid groups (broad SMARTS) is 1. The summed E-state index contributed by atoms with van der Waals surface area (Å²) in [5.41, 5.74) is 3.06. The lowest BCUT2D eigenvalue weighted by molar-refractivity contribution is -0.145. The largest absolute Gasteiger partial charge is 0.481 e. The van der Waals surface area contributed by atoms with Crippen LogP contribution in [0.3, 0.4) is 0 Å². The normalized spacial score (nSPS) is 15.8. The van der Waals surface area contributed by atoms with E-state index in [4.69, 9.17) is 5.11 Å². The number of hydrogen-bond acceptors (Lipinski definition) is 4. The molecule has 6 nitrogen and oxygen atoms in total. The van der Waals surface area contributed by atoms with Gasteiger partial charge in [0.25, 0.3) is 0 Å². The van der Waals surface area contributed by atoms with Gasteiger partial charge in [0.05, 0.1) is 17.4 Å². The van der Waals surface area contributed by atoms with Crippen molar-refractivity contribution < 1.29 is 14.7 Å². The van der Waals surface area contributed by atoms with Gasteiger partial charge in [-0.3, -0.25) is 9.59 Å². The average Bonchev–Trinajstić information content (AvgIpc) is 2.96. The second-order valence-electron chi connectivity index (χ2n) is 6.19. The van der Waals surface area contributed by atoms with Crippen molar-refractivity contribution in [3.63, 3.8) is 0 Å². The van der Waals surface area contributed by atoms with Crippen LogP contribution in [0.25, 0.3) is 5.65 Å². The van der Waals surface area contributed by atoms with Gasteiger partial charge in [0.1, 0.15) is 5.65 Å². The summed E-state index contributed by atoms with van der Waals surface area (Å²) in [6.07, 6.45) is 5.14. The van der Waals surface area contributed by atoms with Gasteiger partial charge in [-0.15, -0.1) is 11.8 Å². The van der Waals surface area contributed by atoms with E-state index < -0.39 is 5.97 Å². The molecule has 0 radical (unpaired) electrons. The summed E-state index contributed by atoms with van der Waals surface area (Å²) in [7, 11) is 0. The third-order valence-corrected chi connectivity index (χ3v) is 5.27. The second kappa shape index (κ2) is 7.25. The highest BCUT2D eigenvalue weighted by atomic mass is 32.2. The van der Waals surface area contributed by atoms with E-state index in [-0.39, 0.29) is 11.8 Å². The molecule has 3 rings (SSSR count). The van der Waals surface area contributed by atoms with Crippen LogP contribution < -0.4 is 0 Å². The molecule has 0 aliphatic carbocycles. The van der Waals surface area contributed by atoms with Crippen LogP contribution in [0.15, 0.2) is 24.5 Å². The highest BCUT2D eigenvalue weighted by Gasteiger charge is 2.26. The molecule has 2 aromatic rings. The second-order valence-corrected chi connectivity index (χ2v) is 7.18. The molecular formula is C17H21N3O3S. The first kappa shape index (κ1) is 16.8. The average molecular weight is 347 g/mol. The third-order valence-electron chi connectivity index (χ3n) is 4.32. The van der Waals surface area contributed by atoms with Crippen LogP contribution in [-0.2, 0) is 15.3 Å². The van der Waals surface area contributed by atoms with Crippen LogP contribution in [0, 0.1) is 12.8 Å². The van der Waals surface area contributed by atoms with E-state index in [9.17, 15) is 9.59 Å². The zero-order chi connectivity index (χ0) is 17.1. The summed E-state index contributed by atoms with van der Waals surface area (Å²) in [5.74, 6) is 0.132. The molecule has 0 atom stereocenters. The first-order valence-corrected chi connectivity index (χ1v) is 9.21. The summed E-state index contributed by atoms with van der Waals surface area (Å²) >= 11 is 1.55. The molecule has 1 aliphatic heterocycles. The number of aryl methyl sites for hydroxylation is 1. The lowest BCUT2D eigenvalue weighted by Crippen LogP contribution is -2.41. The molecule has 0 saturated carbocycles. The topological polar surface area (TPSA) is 74.9 Å². The van der Waals surface area contributed by atoms with Crippen LogP contribution in [0.1, 0.15) is 24.1 Å². The monoisotopic (exact) mass is 347 g/mol. The Balaban J connectivity index is 1.47. The van der Waals surface area contributed by atoms with E-state index in [0.717, 1.165) is 11.3 Å². The molecule has 24 heavy (non-hydrogen) atoms. The molecule has 128 valence electrons. The zero-order valence-electron chi connectivity index (χ0n) is 13.6. The fraction of sp³-hybridized carbons (Fsp3) is 0.471. The molecule has 0 aromatic carbocycles. The van der Waals surface area contributed by atoms with Crippen molar-refractivity contribution >= 4 is 29.3 Å². The number of piperidine rings is 1. The van der Waals surface area contributed by atoms with Crippen molar-refractivity contribution in [2.24, 2.45) is 5.92 Å². The van der Waals surface area contributed by atoms with Crippen LogP contribution in [0.5, 0.6) is 0 Å². The smallest absolute Gasteiger partial charge is 0.306 e. The number of fused-ring (bicyclic) bond motifs is 1. The van der Waals surface area contributed by atoms with E-state index in [0.29, 0.717) is 37.4 Å². The fourth-order valence-electron chi connectivity index (χ4n) is 2.94. The van der Waals surface area contributed by atoms with Crippen LogP contribution in [0.2, 0.25) is 0 Å². The number of imidazole rings is 1. The summed E-state index contributed by atoms with van der Waals surface area (Å²) in [4.78, 5) is 29.5. The minimum atomic E-state index is -0.751. The van der Waals surface area contributed by atoms with Crippen molar-refractivity contribution in [3.05, 3.63) is 35.8 Å². The number of amides is 1. The SMILES string of the molecule is Cc1ccc2nc(CSCC(=O)N3CCC(C(=O)O)CC3)cn2c1. The molecule has 0 spiro atoms. The number of carbonyl (C=O) groups excluding carboxylic acids is 1. The number of pyridine rings is 1. The van der Waals surface area contributed by atoms with E-state index in [1.165, 1.54) is 5.56 Å². The predicted molar refractivity (Wildman–Crippen MR) is 93.0 cm³/mol. The van der Waals surface area contributed by atoms with Gasteiger partial charge in [-0.25, -0.2) is 4.98 Å². The highest BCUT2D eigenvalue weighted by Crippen LogP contribution is 2.19. The molecular weight excluding hydrogens is 326 g/mol. The number of carbonyl (C=O) groups is 2. The van der Waals surface area contributed by atoms with Gasteiger partial charge in [0, 0.05) is 31.2 Å². The lowest BCUT2D eigenvalue weighted by atomic mass is 9.97. The van der Waals surface area contributed by atoms with Crippen molar-refractivity contribution in [2.75, 3.05) is 18.8 Å². The Hall–Kier alpha value is -2.02. The molecule has 1 N–H and O–H groups in total. The Labute approximate surface area is 144 Å². The van der Waals surface area contributed by atoms with E-state index in [1.54, 1.807) is 16.7 Å². The van der Waals surface area contributed by atoms with Crippen LogP contribution in [0.4, 0.5) is 0 Å². The Morgan fingerprint density at radius 3 is 2.75 bits per heavy atom. The zero-order valence-corrected chi connectivity index (χ0v) is 14.5. The predicted octanol–water partition coefficient (Wildman–Crippen LogP) is 2.20. The van der Waals surface area contributed by atoms with E-state index in [1.807, 2.05) is 35.9 Å². The van der Waals surface area contributed by atoms with Crippen LogP contribution >= 0.6 is 11.8 Å². The summed E-state index contributed by atoms with van der Waals surface area (Å²) in [5, 5.41) is 8.99. The number of rotatable bonds is 5. The number of aromatic nitrogens is 2. The maximum absolute atomic E-state index is 12.2. The number of nitrogens with zero attached hydrogens (tertiary/aromatic N) is 3. The van der Waals surface area contributed by atoms with Gasteiger partial charge >= 0.3 is 5.97 Å². The maximum atomic E-state index is 12.2. The van der Waals surface area contributed by atoms with Gasteiger partial charge in [-0.2, -0.15) is 0 Å². The number of hydrogen-bond donors (Lipinski definition) is 1. The maximum Gasteiger partial charge on any atom is 0.306 e. The number of likely N-dealkylation sites (tertiary alicyclic amines) is 1. The van der Waals surface area contributed by atoms with Crippen LogP contribution in [-0.4, -0.2) is 50.1 Å². The van der Waals surface area contributed by atoms with Gasteiger partial charge in [0.2, 0.25) is 5.91 Å². The first-order chi connectivity index (χ1) is 11.5. The molecule has 1 amide bonds. The number of thioether (sulfide) groups is 1. The van der Waals surface area contributed by atoms with Crippen molar-refractivity contribution in [1.82, 2.24) is 14.3 Å². The van der Waals surface area contributed by atoms with Gasteiger partial charge in [-0.1, -0.05) is 6.07 Å². The molecule has 7 heteroatoms. The molecule has 1 fully saturated rings. The third kappa shape index (κ3) is 3.90. The fourth-order valence-corrected chi connectivity index (χ4v) is 3.74.